The minimum absolute atomic E-state index is 0.0469. The van der Waals surface area contributed by atoms with E-state index in [1.54, 1.807) is 0 Å². The monoisotopic (exact) mass is 280 g/mol. The number of anilines is 1. The zero-order chi connectivity index (χ0) is 14.8. The molecule has 0 bridgehead atoms. The SMILES string of the molecule is CCN1Cc2ccccc2NC(=O)C1c1ccc(C)cc1. The number of carbonyl (C=O) groups excluding carboxylic acids is 1. The number of rotatable bonds is 2. The molecule has 2 aromatic rings. The van der Waals surface area contributed by atoms with Gasteiger partial charge in [-0.1, -0.05) is 55.0 Å². The van der Waals surface area contributed by atoms with Crippen molar-refractivity contribution in [3.05, 3.63) is 65.2 Å². The fourth-order valence-electron chi connectivity index (χ4n) is 2.86. The summed E-state index contributed by atoms with van der Waals surface area (Å²) in [6.07, 6.45) is 0. The van der Waals surface area contributed by atoms with E-state index in [4.69, 9.17) is 0 Å². The second-order valence-corrected chi connectivity index (χ2v) is 5.52. The Balaban J connectivity index is 2.00. The maximum atomic E-state index is 12.7. The van der Waals surface area contributed by atoms with Crippen LogP contribution in [0.15, 0.2) is 48.5 Å². The zero-order valence-electron chi connectivity index (χ0n) is 12.5. The Morgan fingerprint density at radius 1 is 1.14 bits per heavy atom. The molecule has 1 atom stereocenters. The van der Waals surface area contributed by atoms with Crippen LogP contribution in [0.3, 0.4) is 0 Å². The number of likely N-dealkylation sites (N-methyl/N-ethyl adjacent to an activating group) is 1. The molecule has 2 aromatic carbocycles. The predicted octanol–water partition coefficient (Wildman–Crippen LogP) is 3.51. The van der Waals surface area contributed by atoms with Crippen LogP contribution in [0.5, 0.6) is 0 Å². The second kappa shape index (κ2) is 5.70. The third-order valence-corrected chi connectivity index (χ3v) is 4.06. The van der Waals surface area contributed by atoms with Crippen molar-refractivity contribution in [3.8, 4) is 0 Å². The van der Waals surface area contributed by atoms with Gasteiger partial charge in [0.15, 0.2) is 0 Å². The number of benzene rings is 2. The number of amides is 1. The lowest BCUT2D eigenvalue weighted by atomic mass is 10.0. The summed E-state index contributed by atoms with van der Waals surface area (Å²) in [5.74, 6) is 0.0469. The maximum Gasteiger partial charge on any atom is 0.246 e. The lowest BCUT2D eigenvalue weighted by Gasteiger charge is -2.27. The van der Waals surface area contributed by atoms with Gasteiger partial charge in [0, 0.05) is 12.2 Å². The summed E-state index contributed by atoms with van der Waals surface area (Å²) in [6, 6.07) is 16.0. The lowest BCUT2D eigenvalue weighted by molar-refractivity contribution is -0.121. The molecule has 0 aromatic heterocycles. The summed E-state index contributed by atoms with van der Waals surface area (Å²) >= 11 is 0. The number of aryl methyl sites for hydroxylation is 1. The van der Waals surface area contributed by atoms with Crippen molar-refractivity contribution in [3.63, 3.8) is 0 Å². The molecule has 0 fully saturated rings. The van der Waals surface area contributed by atoms with E-state index in [0.717, 1.165) is 24.3 Å². The van der Waals surface area contributed by atoms with Crippen molar-refractivity contribution in [1.82, 2.24) is 4.90 Å². The number of hydrogen-bond acceptors (Lipinski definition) is 2. The number of nitrogens with zero attached hydrogens (tertiary/aromatic N) is 1. The van der Waals surface area contributed by atoms with E-state index in [9.17, 15) is 4.79 Å². The van der Waals surface area contributed by atoms with Crippen LogP contribution in [0.4, 0.5) is 5.69 Å². The van der Waals surface area contributed by atoms with Crippen LogP contribution >= 0.6 is 0 Å². The normalized spacial score (nSPS) is 18.8. The minimum atomic E-state index is -0.233. The van der Waals surface area contributed by atoms with Crippen LogP contribution in [0.1, 0.15) is 29.7 Å². The smallest absolute Gasteiger partial charge is 0.246 e. The van der Waals surface area contributed by atoms with Gasteiger partial charge < -0.3 is 5.32 Å². The first-order valence-corrected chi connectivity index (χ1v) is 7.38. The highest BCUT2D eigenvalue weighted by atomic mass is 16.2. The highest BCUT2D eigenvalue weighted by Crippen LogP contribution is 2.30. The van der Waals surface area contributed by atoms with Gasteiger partial charge >= 0.3 is 0 Å². The highest BCUT2D eigenvalue weighted by molar-refractivity contribution is 5.96. The third kappa shape index (κ3) is 2.69. The number of nitrogens with one attached hydrogen (secondary N) is 1. The van der Waals surface area contributed by atoms with Gasteiger partial charge in [-0.25, -0.2) is 0 Å². The zero-order valence-corrected chi connectivity index (χ0v) is 12.5. The summed E-state index contributed by atoms with van der Waals surface area (Å²) < 4.78 is 0. The van der Waals surface area contributed by atoms with E-state index in [1.807, 2.05) is 18.2 Å². The van der Waals surface area contributed by atoms with Gasteiger partial charge in [-0.2, -0.15) is 0 Å². The molecule has 0 saturated carbocycles. The van der Waals surface area contributed by atoms with Crippen LogP contribution in [-0.4, -0.2) is 17.4 Å². The Morgan fingerprint density at radius 2 is 1.86 bits per heavy atom. The molecule has 0 saturated heterocycles. The molecule has 1 heterocycles. The molecule has 1 aliphatic heterocycles. The van der Waals surface area contributed by atoms with Crippen molar-refractivity contribution in [2.24, 2.45) is 0 Å². The van der Waals surface area contributed by atoms with Crippen LogP contribution in [0.2, 0.25) is 0 Å². The molecule has 108 valence electrons. The quantitative estimate of drug-likeness (QED) is 0.913. The summed E-state index contributed by atoms with van der Waals surface area (Å²) in [5, 5.41) is 3.07. The van der Waals surface area contributed by atoms with Crippen molar-refractivity contribution < 1.29 is 4.79 Å². The molecular weight excluding hydrogens is 260 g/mol. The van der Waals surface area contributed by atoms with Crippen molar-refractivity contribution >= 4 is 11.6 Å². The molecule has 1 N–H and O–H groups in total. The van der Waals surface area contributed by atoms with Crippen LogP contribution in [0, 0.1) is 6.92 Å². The standard InChI is InChI=1S/C18H20N2O/c1-3-20-12-15-6-4-5-7-16(15)19-18(21)17(20)14-10-8-13(2)9-11-14/h4-11,17H,3,12H2,1-2H3,(H,19,21). The van der Waals surface area contributed by atoms with Gasteiger partial charge in [0.25, 0.3) is 0 Å². The van der Waals surface area contributed by atoms with E-state index in [-0.39, 0.29) is 11.9 Å². The first-order chi connectivity index (χ1) is 10.2. The van der Waals surface area contributed by atoms with Crippen LogP contribution < -0.4 is 5.32 Å². The average molecular weight is 280 g/mol. The Morgan fingerprint density at radius 3 is 2.57 bits per heavy atom. The van der Waals surface area contributed by atoms with E-state index in [1.165, 1.54) is 11.1 Å². The maximum absolute atomic E-state index is 12.7. The van der Waals surface area contributed by atoms with Gasteiger partial charge in [0.1, 0.15) is 6.04 Å². The fraction of sp³-hybridized carbons (Fsp3) is 0.278. The van der Waals surface area contributed by atoms with Crippen molar-refractivity contribution in [2.45, 2.75) is 26.4 Å². The Hall–Kier alpha value is -2.13. The molecule has 1 amide bonds. The fourth-order valence-corrected chi connectivity index (χ4v) is 2.86. The minimum Gasteiger partial charge on any atom is -0.324 e. The van der Waals surface area contributed by atoms with E-state index in [2.05, 4.69) is 54.4 Å². The van der Waals surface area contributed by atoms with Gasteiger partial charge in [0.05, 0.1) is 0 Å². The molecule has 0 aliphatic carbocycles. The molecule has 1 aliphatic rings. The summed E-state index contributed by atoms with van der Waals surface area (Å²) in [5.41, 5.74) is 4.35. The summed E-state index contributed by atoms with van der Waals surface area (Å²) in [6.45, 7) is 5.77. The second-order valence-electron chi connectivity index (χ2n) is 5.52. The molecule has 0 spiro atoms. The molecule has 0 radical (unpaired) electrons. The lowest BCUT2D eigenvalue weighted by Crippen LogP contribution is -2.34. The molecule has 1 unspecified atom stereocenters. The molecule has 21 heavy (non-hydrogen) atoms. The van der Waals surface area contributed by atoms with Gasteiger partial charge in [-0.15, -0.1) is 0 Å². The van der Waals surface area contributed by atoms with Gasteiger partial charge in [-0.05, 0) is 30.7 Å². The predicted molar refractivity (Wildman–Crippen MR) is 85.1 cm³/mol. The van der Waals surface area contributed by atoms with Crippen molar-refractivity contribution in [1.29, 1.82) is 0 Å². The number of para-hydroxylation sites is 1. The molecule has 3 nitrogen and oxygen atoms in total. The van der Waals surface area contributed by atoms with E-state index < -0.39 is 0 Å². The molecular formula is C18H20N2O. The highest BCUT2D eigenvalue weighted by Gasteiger charge is 2.30. The largest absolute Gasteiger partial charge is 0.324 e. The van der Waals surface area contributed by atoms with E-state index in [0.29, 0.717) is 0 Å². The van der Waals surface area contributed by atoms with Crippen molar-refractivity contribution in [2.75, 3.05) is 11.9 Å². The summed E-state index contributed by atoms with van der Waals surface area (Å²) in [4.78, 5) is 14.9. The first kappa shape index (κ1) is 13.8. The Labute approximate surface area is 125 Å². The average Bonchev–Trinajstić information content (AvgIpc) is 2.64. The Bertz CT molecular complexity index is 649. The van der Waals surface area contributed by atoms with Crippen LogP contribution in [0.25, 0.3) is 0 Å². The molecule has 3 heteroatoms. The Kier molecular flexibility index (Phi) is 3.76. The van der Waals surface area contributed by atoms with Crippen LogP contribution in [-0.2, 0) is 11.3 Å². The molecule has 3 rings (SSSR count). The third-order valence-electron chi connectivity index (χ3n) is 4.06. The summed E-state index contributed by atoms with van der Waals surface area (Å²) in [7, 11) is 0. The topological polar surface area (TPSA) is 32.3 Å². The van der Waals surface area contributed by atoms with Gasteiger partial charge in [-0.3, -0.25) is 9.69 Å². The number of fused-ring (bicyclic) bond motifs is 1. The first-order valence-electron chi connectivity index (χ1n) is 7.38. The number of carbonyl (C=O) groups is 1. The number of hydrogen-bond donors (Lipinski definition) is 1. The van der Waals surface area contributed by atoms with E-state index >= 15 is 0 Å². The van der Waals surface area contributed by atoms with Gasteiger partial charge in [0.2, 0.25) is 5.91 Å².